The number of ketones is 1. The van der Waals surface area contributed by atoms with Gasteiger partial charge in [-0.2, -0.15) is 0 Å². The van der Waals surface area contributed by atoms with E-state index in [0.29, 0.717) is 10.9 Å². The first-order chi connectivity index (χ1) is 12.5. The van der Waals surface area contributed by atoms with E-state index in [9.17, 15) is 14.4 Å². The third kappa shape index (κ3) is 3.64. The molecule has 2 aromatic rings. The average Bonchev–Trinajstić information content (AvgIpc) is 3.29. The molecule has 2 heterocycles. The highest BCUT2D eigenvalue weighted by Gasteiger charge is 2.24. The zero-order valence-electron chi connectivity index (χ0n) is 15.3. The van der Waals surface area contributed by atoms with E-state index in [1.807, 2.05) is 43.0 Å². The Morgan fingerprint density at radius 3 is 2.54 bits per heavy atom. The molecule has 1 aliphatic rings. The number of carbonyl (C=O) groups excluding carboxylic acids is 3. The molecule has 0 saturated carbocycles. The molecule has 6 nitrogen and oxygen atoms in total. The number of benzene rings is 1. The van der Waals surface area contributed by atoms with Gasteiger partial charge in [0.1, 0.15) is 6.54 Å². The first kappa shape index (κ1) is 18.2. The largest absolute Gasteiger partial charge is 0.347 e. The van der Waals surface area contributed by atoms with E-state index in [0.717, 1.165) is 37.9 Å². The van der Waals surface area contributed by atoms with Crippen molar-refractivity contribution in [3.05, 3.63) is 36.0 Å². The number of para-hydroxylation sites is 1. The summed E-state index contributed by atoms with van der Waals surface area (Å²) in [5.74, 6) is -1.12. The van der Waals surface area contributed by atoms with Crippen LogP contribution in [0.2, 0.25) is 0 Å². The summed E-state index contributed by atoms with van der Waals surface area (Å²) in [7, 11) is 0. The van der Waals surface area contributed by atoms with Crippen molar-refractivity contribution >= 4 is 28.5 Å². The lowest BCUT2D eigenvalue weighted by molar-refractivity contribution is -0.130. The molecule has 0 radical (unpaired) electrons. The number of aromatic nitrogens is 1. The maximum atomic E-state index is 12.6. The Balaban J connectivity index is 1.88. The fourth-order valence-corrected chi connectivity index (χ4v) is 3.28. The number of amides is 2. The summed E-state index contributed by atoms with van der Waals surface area (Å²) in [5, 5.41) is 3.41. The number of Topliss-reactive ketones (excluding diaryl/α,β-unsaturated/α-hetero) is 1. The van der Waals surface area contributed by atoms with Crippen molar-refractivity contribution in [2.75, 3.05) is 13.1 Å². The highest BCUT2D eigenvalue weighted by Crippen LogP contribution is 2.22. The topological polar surface area (TPSA) is 71.4 Å². The number of nitrogens with one attached hydrogen (secondary N) is 1. The van der Waals surface area contributed by atoms with Crippen molar-refractivity contribution in [2.45, 2.75) is 45.7 Å². The molecule has 1 atom stereocenters. The zero-order valence-corrected chi connectivity index (χ0v) is 15.3. The Morgan fingerprint density at radius 1 is 1.15 bits per heavy atom. The number of fused-ring (bicyclic) bond motifs is 1. The second kappa shape index (κ2) is 7.72. The molecule has 0 bridgehead atoms. The minimum absolute atomic E-state index is 0.0475. The van der Waals surface area contributed by atoms with Gasteiger partial charge in [0.25, 0.3) is 11.7 Å². The molecule has 3 rings (SSSR count). The van der Waals surface area contributed by atoms with Crippen LogP contribution in [0.3, 0.4) is 0 Å². The van der Waals surface area contributed by atoms with E-state index in [-0.39, 0.29) is 18.5 Å². The molecular formula is C20H25N3O3. The number of nitrogens with zero attached hydrogens (tertiary/aromatic N) is 2. The number of hydrogen-bond acceptors (Lipinski definition) is 3. The maximum absolute atomic E-state index is 12.6. The molecule has 138 valence electrons. The smallest absolute Gasteiger partial charge is 0.292 e. The Kier molecular flexibility index (Phi) is 5.40. The highest BCUT2D eigenvalue weighted by molar-refractivity contribution is 6.45. The summed E-state index contributed by atoms with van der Waals surface area (Å²) in [4.78, 5) is 39.2. The quantitative estimate of drug-likeness (QED) is 0.639. The summed E-state index contributed by atoms with van der Waals surface area (Å²) < 4.78 is 1.78. The van der Waals surface area contributed by atoms with Gasteiger partial charge in [-0.25, -0.2) is 0 Å². The molecule has 1 fully saturated rings. The van der Waals surface area contributed by atoms with E-state index in [1.54, 1.807) is 10.8 Å². The van der Waals surface area contributed by atoms with Crippen molar-refractivity contribution < 1.29 is 14.4 Å². The van der Waals surface area contributed by atoms with Crippen molar-refractivity contribution in [3.8, 4) is 0 Å². The molecule has 2 amide bonds. The van der Waals surface area contributed by atoms with Gasteiger partial charge in [0.05, 0.1) is 5.56 Å². The van der Waals surface area contributed by atoms with Gasteiger partial charge in [-0.1, -0.05) is 25.1 Å². The minimum Gasteiger partial charge on any atom is -0.347 e. The fraction of sp³-hybridized carbons (Fsp3) is 0.450. The predicted molar refractivity (Wildman–Crippen MR) is 100.0 cm³/mol. The van der Waals surface area contributed by atoms with Crippen LogP contribution in [0.15, 0.2) is 30.5 Å². The number of likely N-dealkylation sites (tertiary alicyclic amines) is 1. The average molecular weight is 355 g/mol. The molecule has 1 aromatic heterocycles. The van der Waals surface area contributed by atoms with E-state index < -0.39 is 11.7 Å². The maximum Gasteiger partial charge on any atom is 0.292 e. The zero-order chi connectivity index (χ0) is 18.7. The molecule has 1 N–H and O–H groups in total. The molecule has 1 aromatic carbocycles. The van der Waals surface area contributed by atoms with Crippen LogP contribution >= 0.6 is 0 Å². The molecule has 1 aliphatic heterocycles. The van der Waals surface area contributed by atoms with Gasteiger partial charge < -0.3 is 14.8 Å². The van der Waals surface area contributed by atoms with Gasteiger partial charge in [-0.3, -0.25) is 14.4 Å². The first-order valence-electron chi connectivity index (χ1n) is 9.22. The van der Waals surface area contributed by atoms with Crippen molar-refractivity contribution in [1.29, 1.82) is 0 Å². The van der Waals surface area contributed by atoms with Crippen molar-refractivity contribution in [1.82, 2.24) is 14.8 Å². The van der Waals surface area contributed by atoms with E-state index >= 15 is 0 Å². The van der Waals surface area contributed by atoms with Crippen molar-refractivity contribution in [2.24, 2.45) is 0 Å². The monoisotopic (exact) mass is 355 g/mol. The van der Waals surface area contributed by atoms with Crippen LogP contribution in [0.1, 0.15) is 43.5 Å². The van der Waals surface area contributed by atoms with Crippen LogP contribution in [0.25, 0.3) is 10.9 Å². The third-order valence-corrected chi connectivity index (χ3v) is 4.99. The Labute approximate surface area is 153 Å². The Bertz CT molecular complexity index is 834. The summed E-state index contributed by atoms with van der Waals surface area (Å²) in [6, 6.07) is 7.33. The summed E-state index contributed by atoms with van der Waals surface area (Å²) >= 11 is 0. The Morgan fingerprint density at radius 2 is 1.85 bits per heavy atom. The number of carbonyl (C=O) groups is 3. The molecule has 6 heteroatoms. The van der Waals surface area contributed by atoms with Gasteiger partial charge >= 0.3 is 0 Å². The normalized spacial score (nSPS) is 15.2. The van der Waals surface area contributed by atoms with Gasteiger partial charge in [0.15, 0.2) is 0 Å². The second-order valence-corrected chi connectivity index (χ2v) is 6.89. The predicted octanol–water partition coefficient (Wildman–Crippen LogP) is 2.36. The Hall–Kier alpha value is -2.63. The third-order valence-electron chi connectivity index (χ3n) is 4.99. The fourth-order valence-electron chi connectivity index (χ4n) is 3.28. The standard InChI is InChI=1S/C20H25N3O3/c1-3-14(2)21-20(26)19(25)16-12-23(17-9-5-4-8-15(16)17)13-18(24)22-10-6-7-11-22/h4-5,8-9,12,14H,3,6-7,10-11,13H2,1-2H3,(H,21,26)/t14-/m1/s1. The lowest BCUT2D eigenvalue weighted by atomic mass is 10.1. The molecule has 1 saturated heterocycles. The second-order valence-electron chi connectivity index (χ2n) is 6.89. The van der Waals surface area contributed by atoms with E-state index in [1.165, 1.54) is 0 Å². The lowest BCUT2D eigenvalue weighted by Crippen LogP contribution is -2.37. The van der Waals surface area contributed by atoms with Gasteiger partial charge in [-0.05, 0) is 32.3 Å². The van der Waals surface area contributed by atoms with Gasteiger partial charge in [0, 0.05) is 36.2 Å². The van der Waals surface area contributed by atoms with E-state index in [2.05, 4.69) is 5.32 Å². The summed E-state index contributed by atoms with van der Waals surface area (Å²) in [6.45, 7) is 5.58. The van der Waals surface area contributed by atoms with Crippen LogP contribution in [0, 0.1) is 0 Å². The number of rotatable bonds is 6. The summed E-state index contributed by atoms with van der Waals surface area (Å²) in [6.07, 6.45) is 4.47. The molecule has 26 heavy (non-hydrogen) atoms. The van der Waals surface area contributed by atoms with Gasteiger partial charge in [0.2, 0.25) is 5.91 Å². The molecule has 0 aliphatic carbocycles. The molecular weight excluding hydrogens is 330 g/mol. The minimum atomic E-state index is -0.604. The van der Waals surface area contributed by atoms with Crippen LogP contribution in [-0.4, -0.2) is 46.2 Å². The van der Waals surface area contributed by atoms with Crippen LogP contribution in [0.4, 0.5) is 0 Å². The van der Waals surface area contributed by atoms with E-state index in [4.69, 9.17) is 0 Å². The molecule has 0 spiro atoms. The molecule has 0 unspecified atom stereocenters. The van der Waals surface area contributed by atoms with Crippen LogP contribution < -0.4 is 5.32 Å². The summed E-state index contributed by atoms with van der Waals surface area (Å²) in [5.41, 5.74) is 1.13. The van der Waals surface area contributed by atoms with Crippen LogP contribution in [0.5, 0.6) is 0 Å². The van der Waals surface area contributed by atoms with Crippen molar-refractivity contribution in [3.63, 3.8) is 0 Å². The highest BCUT2D eigenvalue weighted by atomic mass is 16.2. The first-order valence-corrected chi connectivity index (χ1v) is 9.22. The van der Waals surface area contributed by atoms with Crippen LogP contribution in [-0.2, 0) is 16.1 Å². The SMILES string of the molecule is CC[C@@H](C)NC(=O)C(=O)c1cn(CC(=O)N2CCCC2)c2ccccc12. The lowest BCUT2D eigenvalue weighted by Gasteiger charge is -2.16. The van der Waals surface area contributed by atoms with Gasteiger partial charge in [-0.15, -0.1) is 0 Å². The number of hydrogen-bond donors (Lipinski definition) is 1.